The van der Waals surface area contributed by atoms with Crippen molar-refractivity contribution in [2.45, 2.75) is 13.8 Å². The largest absolute Gasteiger partial charge is 0.490 e. The SMILES string of the molecule is CCOc1cccc(C=NNC(=O)c2cccc(C=CC(=O)NO)c2)c1OCC. The Bertz CT molecular complexity index is 909. The Morgan fingerprint density at radius 3 is 2.59 bits per heavy atom. The van der Waals surface area contributed by atoms with Crippen LogP contribution in [0.2, 0.25) is 0 Å². The highest BCUT2D eigenvalue weighted by Gasteiger charge is 2.10. The predicted molar refractivity (Wildman–Crippen MR) is 109 cm³/mol. The van der Waals surface area contributed by atoms with Gasteiger partial charge in [0.25, 0.3) is 11.8 Å². The molecule has 0 saturated heterocycles. The van der Waals surface area contributed by atoms with Gasteiger partial charge in [0.1, 0.15) is 0 Å². The molecule has 0 bridgehead atoms. The molecule has 2 rings (SSSR count). The Labute approximate surface area is 168 Å². The Kier molecular flexibility index (Phi) is 8.40. The first-order valence-corrected chi connectivity index (χ1v) is 9.03. The van der Waals surface area contributed by atoms with E-state index in [1.165, 1.54) is 17.8 Å². The second-order valence-electron chi connectivity index (χ2n) is 5.67. The van der Waals surface area contributed by atoms with E-state index in [1.54, 1.807) is 36.4 Å². The van der Waals surface area contributed by atoms with Gasteiger partial charge in [0.2, 0.25) is 0 Å². The number of nitrogens with zero attached hydrogens (tertiary/aromatic N) is 1. The van der Waals surface area contributed by atoms with Crippen LogP contribution in [0.4, 0.5) is 0 Å². The van der Waals surface area contributed by atoms with Gasteiger partial charge in [-0.05, 0) is 49.8 Å². The number of hydrazone groups is 1. The molecule has 0 aliphatic heterocycles. The predicted octanol–water partition coefficient (Wildman–Crippen LogP) is 2.77. The molecular formula is C21H23N3O5. The molecule has 0 heterocycles. The van der Waals surface area contributed by atoms with Crippen LogP contribution in [0.25, 0.3) is 6.08 Å². The van der Waals surface area contributed by atoms with Crippen molar-refractivity contribution in [2.75, 3.05) is 13.2 Å². The Hall–Kier alpha value is -3.65. The number of nitrogens with one attached hydrogen (secondary N) is 2. The molecule has 0 unspecified atom stereocenters. The maximum Gasteiger partial charge on any atom is 0.271 e. The number of rotatable bonds is 9. The summed E-state index contributed by atoms with van der Waals surface area (Å²) in [5.41, 5.74) is 5.61. The van der Waals surface area contributed by atoms with Crippen molar-refractivity contribution in [3.63, 3.8) is 0 Å². The minimum Gasteiger partial charge on any atom is -0.490 e. The fourth-order valence-electron chi connectivity index (χ4n) is 2.42. The van der Waals surface area contributed by atoms with Crippen molar-refractivity contribution in [1.82, 2.24) is 10.9 Å². The molecule has 0 atom stereocenters. The lowest BCUT2D eigenvalue weighted by atomic mass is 10.1. The molecule has 152 valence electrons. The van der Waals surface area contributed by atoms with Crippen LogP contribution >= 0.6 is 0 Å². The normalized spacial score (nSPS) is 10.9. The van der Waals surface area contributed by atoms with Crippen LogP contribution in [0.3, 0.4) is 0 Å². The Morgan fingerprint density at radius 2 is 1.86 bits per heavy atom. The van der Waals surface area contributed by atoms with E-state index in [0.29, 0.717) is 41.4 Å². The average Bonchev–Trinajstić information content (AvgIpc) is 2.74. The summed E-state index contributed by atoms with van der Waals surface area (Å²) in [6.45, 7) is 4.72. The Balaban J connectivity index is 2.11. The van der Waals surface area contributed by atoms with E-state index in [4.69, 9.17) is 14.7 Å². The minimum absolute atomic E-state index is 0.363. The van der Waals surface area contributed by atoms with Crippen LogP contribution in [0.5, 0.6) is 11.5 Å². The zero-order chi connectivity index (χ0) is 21.1. The second-order valence-corrected chi connectivity index (χ2v) is 5.67. The Morgan fingerprint density at radius 1 is 1.10 bits per heavy atom. The summed E-state index contributed by atoms with van der Waals surface area (Å²) in [4.78, 5) is 23.4. The number of hydrogen-bond donors (Lipinski definition) is 3. The van der Waals surface area contributed by atoms with Crippen molar-refractivity contribution >= 4 is 24.1 Å². The number of benzene rings is 2. The van der Waals surface area contributed by atoms with Gasteiger partial charge in [-0.1, -0.05) is 18.2 Å². The van der Waals surface area contributed by atoms with Gasteiger partial charge >= 0.3 is 0 Å². The van der Waals surface area contributed by atoms with Crippen LogP contribution in [-0.4, -0.2) is 36.4 Å². The highest BCUT2D eigenvalue weighted by atomic mass is 16.5. The minimum atomic E-state index is -0.663. The molecule has 0 radical (unpaired) electrons. The van der Waals surface area contributed by atoms with Crippen molar-refractivity contribution < 1.29 is 24.3 Å². The number of carbonyl (C=O) groups is 2. The van der Waals surface area contributed by atoms with E-state index >= 15 is 0 Å². The van der Waals surface area contributed by atoms with Crippen molar-refractivity contribution in [3.05, 3.63) is 65.2 Å². The molecule has 0 aromatic heterocycles. The number of carbonyl (C=O) groups excluding carboxylic acids is 2. The highest BCUT2D eigenvalue weighted by Crippen LogP contribution is 2.30. The van der Waals surface area contributed by atoms with Crippen LogP contribution in [0, 0.1) is 0 Å². The van der Waals surface area contributed by atoms with Gasteiger partial charge in [-0.25, -0.2) is 10.9 Å². The third-order valence-electron chi connectivity index (χ3n) is 3.65. The summed E-state index contributed by atoms with van der Waals surface area (Å²) < 4.78 is 11.2. The average molecular weight is 397 g/mol. The molecule has 0 fully saturated rings. The van der Waals surface area contributed by atoms with Gasteiger partial charge in [0, 0.05) is 17.2 Å². The molecule has 2 aromatic carbocycles. The fraction of sp³-hybridized carbons (Fsp3) is 0.190. The molecule has 8 heteroatoms. The van der Waals surface area contributed by atoms with Crippen LogP contribution in [0.15, 0.2) is 53.6 Å². The topological polar surface area (TPSA) is 109 Å². The number of hydrogen-bond acceptors (Lipinski definition) is 6. The van der Waals surface area contributed by atoms with Gasteiger partial charge < -0.3 is 9.47 Å². The third-order valence-corrected chi connectivity index (χ3v) is 3.65. The third kappa shape index (κ3) is 6.47. The fourth-order valence-corrected chi connectivity index (χ4v) is 2.42. The molecule has 2 aromatic rings. The molecule has 2 amide bonds. The van der Waals surface area contributed by atoms with Crippen LogP contribution in [-0.2, 0) is 4.79 Å². The standard InChI is InChI=1S/C21H23N3O5/c1-3-28-18-10-6-9-17(20(18)29-4-2)14-22-23-21(26)16-8-5-7-15(13-16)11-12-19(25)24-27/h5-14,27H,3-4H2,1-2H3,(H,23,26)(H,24,25). The van der Waals surface area contributed by atoms with E-state index in [9.17, 15) is 9.59 Å². The van der Waals surface area contributed by atoms with Crippen molar-refractivity contribution in [2.24, 2.45) is 5.10 Å². The summed E-state index contributed by atoms with van der Waals surface area (Å²) in [7, 11) is 0. The van der Waals surface area contributed by atoms with Crippen LogP contribution in [0.1, 0.15) is 35.3 Å². The number of hydroxylamine groups is 1. The molecule has 29 heavy (non-hydrogen) atoms. The summed E-state index contributed by atoms with van der Waals surface area (Å²) in [5.74, 6) is 0.0889. The lowest BCUT2D eigenvalue weighted by Gasteiger charge is -2.12. The smallest absolute Gasteiger partial charge is 0.271 e. The maximum absolute atomic E-state index is 12.3. The number of ether oxygens (including phenoxy) is 2. The van der Waals surface area contributed by atoms with Crippen molar-refractivity contribution in [3.8, 4) is 11.5 Å². The van der Waals surface area contributed by atoms with E-state index < -0.39 is 11.8 Å². The molecule has 8 nitrogen and oxygen atoms in total. The molecule has 3 N–H and O–H groups in total. The second kappa shape index (κ2) is 11.3. The van der Waals surface area contributed by atoms with E-state index in [-0.39, 0.29) is 0 Å². The van der Waals surface area contributed by atoms with Gasteiger partial charge in [0.15, 0.2) is 11.5 Å². The molecule has 0 spiro atoms. The lowest BCUT2D eigenvalue weighted by molar-refractivity contribution is -0.124. The zero-order valence-electron chi connectivity index (χ0n) is 16.2. The number of amides is 2. The first-order chi connectivity index (χ1) is 14.1. The van der Waals surface area contributed by atoms with Crippen LogP contribution < -0.4 is 20.4 Å². The van der Waals surface area contributed by atoms with E-state index in [1.807, 2.05) is 19.9 Å². The molecule has 0 saturated carbocycles. The summed E-state index contributed by atoms with van der Waals surface area (Å²) >= 11 is 0. The quantitative estimate of drug-likeness (QED) is 0.261. The first-order valence-electron chi connectivity index (χ1n) is 9.03. The molecule has 0 aliphatic rings. The summed E-state index contributed by atoms with van der Waals surface area (Å²) in [6.07, 6.45) is 4.11. The van der Waals surface area contributed by atoms with E-state index in [0.717, 1.165) is 6.08 Å². The zero-order valence-corrected chi connectivity index (χ0v) is 16.2. The van der Waals surface area contributed by atoms with Gasteiger partial charge in [-0.15, -0.1) is 0 Å². The van der Waals surface area contributed by atoms with Gasteiger partial charge in [-0.3, -0.25) is 14.8 Å². The maximum atomic E-state index is 12.3. The lowest BCUT2D eigenvalue weighted by Crippen LogP contribution is -2.17. The first kappa shape index (κ1) is 21.6. The molecule has 0 aliphatic carbocycles. The van der Waals surface area contributed by atoms with E-state index in [2.05, 4.69) is 10.5 Å². The summed E-state index contributed by atoms with van der Waals surface area (Å²) in [5, 5.41) is 12.5. The summed E-state index contributed by atoms with van der Waals surface area (Å²) in [6, 6.07) is 12.0. The van der Waals surface area contributed by atoms with Gasteiger partial charge in [0.05, 0.1) is 19.4 Å². The number of para-hydroxylation sites is 1. The molecular weight excluding hydrogens is 374 g/mol. The monoisotopic (exact) mass is 397 g/mol. The van der Waals surface area contributed by atoms with Gasteiger partial charge in [-0.2, -0.15) is 5.10 Å². The highest BCUT2D eigenvalue weighted by molar-refractivity contribution is 5.96. The van der Waals surface area contributed by atoms with Crippen molar-refractivity contribution in [1.29, 1.82) is 0 Å².